The molecule has 0 atom stereocenters. The highest BCUT2D eigenvalue weighted by Gasteiger charge is 2.09. The molecule has 0 spiro atoms. The first-order valence-electron chi connectivity index (χ1n) is 6.58. The molecule has 0 aliphatic carbocycles. The van der Waals surface area contributed by atoms with Gasteiger partial charge >= 0.3 is 0 Å². The van der Waals surface area contributed by atoms with Gasteiger partial charge in [-0.2, -0.15) is 5.10 Å². The summed E-state index contributed by atoms with van der Waals surface area (Å²) in [6.45, 7) is 1.47. The lowest BCUT2D eigenvalue weighted by Gasteiger charge is -2.12. The van der Waals surface area contributed by atoms with Crippen molar-refractivity contribution in [2.45, 2.75) is 6.92 Å². The van der Waals surface area contributed by atoms with Crippen LogP contribution in [0, 0.1) is 0 Å². The van der Waals surface area contributed by atoms with Crippen LogP contribution < -0.4 is 10.1 Å². The molecule has 21 heavy (non-hydrogen) atoms. The highest BCUT2D eigenvalue weighted by molar-refractivity contribution is 5.91. The maximum absolute atomic E-state index is 11.2. The number of hydrogen-bond acceptors (Lipinski definition) is 3. The van der Waals surface area contributed by atoms with Crippen molar-refractivity contribution in [3.05, 3.63) is 48.7 Å². The Bertz CT molecular complexity index is 808. The summed E-state index contributed by atoms with van der Waals surface area (Å²) in [4.78, 5) is 11.2. The molecule has 2 aromatic heterocycles. The van der Waals surface area contributed by atoms with E-state index in [0.717, 1.165) is 16.8 Å². The highest BCUT2D eigenvalue weighted by Crippen LogP contribution is 2.30. The van der Waals surface area contributed by atoms with E-state index in [2.05, 4.69) is 10.4 Å². The predicted octanol–water partition coefficient (Wildman–Crippen LogP) is 2.97. The summed E-state index contributed by atoms with van der Waals surface area (Å²) >= 11 is 0. The van der Waals surface area contributed by atoms with Crippen molar-refractivity contribution in [3.63, 3.8) is 0 Å². The lowest BCUT2D eigenvalue weighted by Crippen LogP contribution is -2.07. The molecule has 0 fully saturated rings. The topological polar surface area (TPSA) is 55.6 Å². The molecule has 2 heterocycles. The Hall–Kier alpha value is -2.82. The number of fused-ring (bicyclic) bond motifs is 1. The molecule has 0 unspecified atom stereocenters. The van der Waals surface area contributed by atoms with Gasteiger partial charge < -0.3 is 10.1 Å². The number of nitrogens with zero attached hydrogens (tertiary/aromatic N) is 2. The van der Waals surface area contributed by atoms with Gasteiger partial charge in [-0.1, -0.05) is 12.1 Å². The molecule has 1 aromatic carbocycles. The van der Waals surface area contributed by atoms with E-state index in [-0.39, 0.29) is 5.91 Å². The largest absolute Gasteiger partial charge is 0.495 e. The summed E-state index contributed by atoms with van der Waals surface area (Å²) in [5, 5.41) is 7.08. The minimum atomic E-state index is -0.129. The zero-order valence-corrected chi connectivity index (χ0v) is 11.8. The number of nitrogens with one attached hydrogen (secondary N) is 1. The number of methoxy groups -OCH3 is 1. The molecule has 0 bridgehead atoms. The van der Waals surface area contributed by atoms with E-state index >= 15 is 0 Å². The van der Waals surface area contributed by atoms with E-state index in [1.807, 2.05) is 47.0 Å². The van der Waals surface area contributed by atoms with E-state index in [1.54, 1.807) is 13.3 Å². The maximum atomic E-state index is 11.2. The van der Waals surface area contributed by atoms with Gasteiger partial charge in [0.1, 0.15) is 5.75 Å². The van der Waals surface area contributed by atoms with Crippen molar-refractivity contribution in [2.75, 3.05) is 12.4 Å². The van der Waals surface area contributed by atoms with Crippen LogP contribution in [0.15, 0.2) is 48.7 Å². The Labute approximate surface area is 122 Å². The fraction of sp³-hybridized carbons (Fsp3) is 0.125. The molecule has 3 rings (SSSR count). The number of aromatic nitrogens is 2. The van der Waals surface area contributed by atoms with Crippen molar-refractivity contribution >= 4 is 17.1 Å². The standard InChI is InChI=1S/C16H15N3O2/c1-11(20)18-14-7-6-12(10-16(14)21-2)15-5-3-4-13-8-9-17-19(13)15/h3-10H,1-2H3,(H,18,20). The first kappa shape index (κ1) is 13.2. The van der Waals surface area contributed by atoms with Crippen LogP contribution in [0.5, 0.6) is 5.75 Å². The van der Waals surface area contributed by atoms with Gasteiger partial charge in [-0.25, -0.2) is 4.52 Å². The summed E-state index contributed by atoms with van der Waals surface area (Å²) in [6.07, 6.45) is 1.77. The van der Waals surface area contributed by atoms with E-state index < -0.39 is 0 Å². The third kappa shape index (κ3) is 2.45. The summed E-state index contributed by atoms with van der Waals surface area (Å²) in [7, 11) is 1.58. The zero-order valence-electron chi connectivity index (χ0n) is 11.8. The maximum Gasteiger partial charge on any atom is 0.221 e. The van der Waals surface area contributed by atoms with Gasteiger partial charge in [0.25, 0.3) is 0 Å². The second-order valence-corrected chi connectivity index (χ2v) is 4.68. The molecular weight excluding hydrogens is 266 g/mol. The molecule has 0 saturated heterocycles. The Morgan fingerprint density at radius 2 is 2.10 bits per heavy atom. The van der Waals surface area contributed by atoms with Gasteiger partial charge in [-0.05, 0) is 30.3 Å². The van der Waals surface area contributed by atoms with Gasteiger partial charge in [0.2, 0.25) is 5.91 Å². The predicted molar refractivity (Wildman–Crippen MR) is 81.5 cm³/mol. The van der Waals surface area contributed by atoms with Gasteiger partial charge in [-0.3, -0.25) is 4.79 Å². The molecular formula is C16H15N3O2. The van der Waals surface area contributed by atoms with Crippen LogP contribution in [0.4, 0.5) is 5.69 Å². The first-order chi connectivity index (χ1) is 10.2. The Morgan fingerprint density at radius 1 is 1.24 bits per heavy atom. The molecule has 5 heteroatoms. The van der Waals surface area contributed by atoms with Crippen molar-refractivity contribution in [1.29, 1.82) is 0 Å². The van der Waals surface area contributed by atoms with Crippen LogP contribution in [0.3, 0.4) is 0 Å². The number of amides is 1. The molecule has 5 nitrogen and oxygen atoms in total. The van der Waals surface area contributed by atoms with Crippen LogP contribution in [-0.4, -0.2) is 22.6 Å². The number of pyridine rings is 1. The average Bonchev–Trinajstić information content (AvgIpc) is 2.95. The van der Waals surface area contributed by atoms with Crippen molar-refractivity contribution < 1.29 is 9.53 Å². The smallest absolute Gasteiger partial charge is 0.221 e. The van der Waals surface area contributed by atoms with Gasteiger partial charge in [-0.15, -0.1) is 0 Å². The third-order valence-corrected chi connectivity index (χ3v) is 3.23. The number of ether oxygens (including phenoxy) is 1. The normalized spacial score (nSPS) is 10.6. The first-order valence-corrected chi connectivity index (χ1v) is 6.58. The molecule has 0 aliphatic heterocycles. The van der Waals surface area contributed by atoms with Crippen LogP contribution in [0.2, 0.25) is 0 Å². The van der Waals surface area contributed by atoms with E-state index in [9.17, 15) is 4.79 Å². The van der Waals surface area contributed by atoms with Crippen LogP contribution in [-0.2, 0) is 4.79 Å². The number of carbonyl (C=O) groups excluding carboxylic acids is 1. The quantitative estimate of drug-likeness (QED) is 0.803. The Kier molecular flexibility index (Phi) is 3.31. The summed E-state index contributed by atoms with van der Waals surface area (Å²) < 4.78 is 7.23. The second-order valence-electron chi connectivity index (χ2n) is 4.68. The third-order valence-electron chi connectivity index (χ3n) is 3.23. The van der Waals surface area contributed by atoms with E-state index in [1.165, 1.54) is 6.92 Å². The summed E-state index contributed by atoms with van der Waals surface area (Å²) in [6, 6.07) is 13.6. The minimum Gasteiger partial charge on any atom is -0.495 e. The summed E-state index contributed by atoms with van der Waals surface area (Å²) in [5.74, 6) is 0.488. The SMILES string of the molecule is COc1cc(-c2cccc3ccnn23)ccc1NC(C)=O. The van der Waals surface area contributed by atoms with Crippen molar-refractivity contribution in [3.8, 4) is 17.0 Å². The van der Waals surface area contributed by atoms with Crippen molar-refractivity contribution in [2.24, 2.45) is 0 Å². The van der Waals surface area contributed by atoms with E-state index in [0.29, 0.717) is 11.4 Å². The number of carbonyl (C=O) groups is 1. The van der Waals surface area contributed by atoms with E-state index in [4.69, 9.17) is 4.74 Å². The van der Waals surface area contributed by atoms with Gasteiger partial charge in [0.15, 0.2) is 0 Å². The lowest BCUT2D eigenvalue weighted by atomic mass is 10.1. The van der Waals surface area contributed by atoms with Gasteiger partial charge in [0.05, 0.1) is 30.2 Å². The molecule has 3 aromatic rings. The number of anilines is 1. The van der Waals surface area contributed by atoms with Crippen LogP contribution in [0.25, 0.3) is 16.8 Å². The number of benzene rings is 1. The number of rotatable bonds is 3. The Balaban J connectivity index is 2.11. The summed E-state index contributed by atoms with van der Waals surface area (Å²) in [5.41, 5.74) is 3.61. The average molecular weight is 281 g/mol. The van der Waals surface area contributed by atoms with Crippen LogP contribution >= 0.6 is 0 Å². The fourth-order valence-corrected chi connectivity index (χ4v) is 2.31. The number of hydrogen-bond donors (Lipinski definition) is 1. The van der Waals surface area contributed by atoms with Crippen molar-refractivity contribution in [1.82, 2.24) is 9.61 Å². The molecule has 106 valence electrons. The fourth-order valence-electron chi connectivity index (χ4n) is 2.31. The molecule has 0 aliphatic rings. The second kappa shape index (κ2) is 5.28. The van der Waals surface area contributed by atoms with Crippen LogP contribution in [0.1, 0.15) is 6.92 Å². The molecule has 0 radical (unpaired) electrons. The Morgan fingerprint density at radius 3 is 2.86 bits per heavy atom. The minimum absolute atomic E-state index is 0.129. The lowest BCUT2D eigenvalue weighted by molar-refractivity contribution is -0.114. The monoisotopic (exact) mass is 281 g/mol. The highest BCUT2D eigenvalue weighted by atomic mass is 16.5. The molecule has 1 N–H and O–H groups in total. The molecule has 1 amide bonds. The zero-order chi connectivity index (χ0) is 14.8. The van der Waals surface area contributed by atoms with Gasteiger partial charge in [0, 0.05) is 12.5 Å². The molecule has 0 saturated carbocycles.